The third-order valence-corrected chi connectivity index (χ3v) is 11.0. The van der Waals surface area contributed by atoms with Gasteiger partial charge in [-0.25, -0.2) is 0 Å². The fourth-order valence-corrected chi connectivity index (χ4v) is 10.2. The molecular weight excluding hydrogens is 575 g/mol. The molecule has 4 bridgehead atoms. The van der Waals surface area contributed by atoms with Crippen LogP contribution < -0.4 is 0 Å². The van der Waals surface area contributed by atoms with Gasteiger partial charge in [-0.05, 0) is 62.0 Å². The highest BCUT2D eigenvalue weighted by Gasteiger charge is 2.90. The highest BCUT2D eigenvalue weighted by Crippen LogP contribution is 2.80. The number of ketones is 1. The van der Waals surface area contributed by atoms with Gasteiger partial charge in [-0.2, -0.15) is 0 Å². The van der Waals surface area contributed by atoms with Gasteiger partial charge >= 0.3 is 0 Å². The van der Waals surface area contributed by atoms with Gasteiger partial charge in [0.2, 0.25) is 5.79 Å². The van der Waals surface area contributed by atoms with E-state index in [1.165, 1.54) is 5.57 Å². The average Bonchev–Trinajstić information content (AvgIpc) is 2.93. The summed E-state index contributed by atoms with van der Waals surface area (Å²) in [5.74, 6) is -2.02. The van der Waals surface area contributed by atoms with Crippen molar-refractivity contribution in [1.29, 1.82) is 0 Å². The van der Waals surface area contributed by atoms with E-state index < -0.39 is 34.6 Å². The van der Waals surface area contributed by atoms with Crippen LogP contribution in [0.15, 0.2) is 23.5 Å². The molecule has 8 heteroatoms. The topological polar surface area (TPSA) is 83.5 Å². The normalized spacial score (nSPS) is 51.4. The average molecular weight is 613 g/mol. The zero-order valence-electron chi connectivity index (χ0n) is 21.6. The Morgan fingerprint density at radius 1 is 1.19 bits per heavy atom. The summed E-state index contributed by atoms with van der Waals surface area (Å²) in [4.78, 5) is 14.4. The second kappa shape index (κ2) is 7.36. The molecule has 3 spiro atoms. The molecule has 4 heterocycles. The molecule has 0 aromatic carbocycles. The van der Waals surface area contributed by atoms with E-state index in [-0.39, 0.29) is 35.2 Å². The summed E-state index contributed by atoms with van der Waals surface area (Å²) in [6, 6.07) is 0. The predicted molar refractivity (Wildman–Crippen MR) is 138 cm³/mol. The molecular formula is C28H37IO7. The number of halogens is 1. The number of allylic oxidation sites excluding steroid dienone is 1. The number of carbonyl (C=O) groups excluding carboxylic acids is 1. The van der Waals surface area contributed by atoms with Crippen LogP contribution in [0.3, 0.4) is 0 Å². The van der Waals surface area contributed by atoms with Gasteiger partial charge in [0.05, 0.1) is 24.7 Å². The van der Waals surface area contributed by atoms with Crippen molar-refractivity contribution in [2.45, 2.75) is 89.9 Å². The SMILES string of the molecule is C=C1C(=O)[C@@]23[C@@H]4OC(C)(C)O[C@]25OC[C@]2(C6=C(CC[C@@H](OCCI)O6)CC(C)(C)[C@H]2[C@@H]5O)[C@@H]3CC[C@@H]14. The van der Waals surface area contributed by atoms with Crippen molar-refractivity contribution in [3.63, 3.8) is 0 Å². The molecule has 4 aliphatic heterocycles. The Balaban J connectivity index is 1.47. The van der Waals surface area contributed by atoms with E-state index >= 15 is 0 Å². The lowest BCUT2D eigenvalue weighted by atomic mass is 9.36. The summed E-state index contributed by atoms with van der Waals surface area (Å²) >= 11 is 2.31. The number of aliphatic hydroxyl groups excluding tert-OH is 1. The Kier molecular flexibility index (Phi) is 5.01. The molecule has 0 unspecified atom stereocenters. The Morgan fingerprint density at radius 2 is 1.97 bits per heavy atom. The third-order valence-electron chi connectivity index (χ3n) is 10.6. The summed E-state index contributed by atoms with van der Waals surface area (Å²) in [7, 11) is 0. The molecule has 0 radical (unpaired) electrons. The molecule has 9 atom stereocenters. The van der Waals surface area contributed by atoms with Crippen LogP contribution in [0.25, 0.3) is 0 Å². The van der Waals surface area contributed by atoms with Gasteiger partial charge in [0.15, 0.2) is 17.9 Å². The van der Waals surface area contributed by atoms with Crippen LogP contribution in [-0.2, 0) is 28.5 Å². The monoisotopic (exact) mass is 612 g/mol. The van der Waals surface area contributed by atoms with E-state index in [9.17, 15) is 9.90 Å². The van der Waals surface area contributed by atoms with Gasteiger partial charge in [-0.1, -0.05) is 43.0 Å². The van der Waals surface area contributed by atoms with E-state index in [1.54, 1.807) is 0 Å². The molecule has 198 valence electrons. The summed E-state index contributed by atoms with van der Waals surface area (Å²) in [5, 5.41) is 12.4. The first kappa shape index (κ1) is 24.5. The van der Waals surface area contributed by atoms with Gasteiger partial charge < -0.3 is 28.8 Å². The largest absolute Gasteiger partial charge is 0.469 e. The highest BCUT2D eigenvalue weighted by atomic mass is 127. The van der Waals surface area contributed by atoms with Crippen LogP contribution in [0.5, 0.6) is 0 Å². The molecule has 4 aliphatic carbocycles. The van der Waals surface area contributed by atoms with E-state index in [1.807, 2.05) is 13.8 Å². The molecule has 0 amide bonds. The van der Waals surface area contributed by atoms with Crippen molar-refractivity contribution < 1.29 is 33.6 Å². The zero-order valence-corrected chi connectivity index (χ0v) is 23.8. The Bertz CT molecular complexity index is 1080. The first-order valence-electron chi connectivity index (χ1n) is 13.5. The second-order valence-electron chi connectivity index (χ2n) is 13.2. The van der Waals surface area contributed by atoms with Gasteiger partial charge in [0.25, 0.3) is 0 Å². The Labute approximate surface area is 226 Å². The number of alkyl halides is 1. The summed E-state index contributed by atoms with van der Waals surface area (Å²) in [6.07, 6.45) is 2.44. The Morgan fingerprint density at radius 3 is 2.72 bits per heavy atom. The minimum atomic E-state index is -1.47. The number of aliphatic hydroxyl groups is 1. The van der Waals surface area contributed by atoms with Gasteiger partial charge in [0.1, 0.15) is 17.3 Å². The first-order chi connectivity index (χ1) is 17.0. The highest BCUT2D eigenvalue weighted by molar-refractivity contribution is 14.1. The maximum absolute atomic E-state index is 14.4. The number of ether oxygens (including phenoxy) is 5. The molecule has 6 fully saturated rings. The van der Waals surface area contributed by atoms with Crippen molar-refractivity contribution in [2.24, 2.45) is 34.0 Å². The number of carbonyl (C=O) groups is 1. The minimum absolute atomic E-state index is 0.0499. The summed E-state index contributed by atoms with van der Waals surface area (Å²) in [6.45, 7) is 13.5. The molecule has 36 heavy (non-hydrogen) atoms. The van der Waals surface area contributed by atoms with Crippen molar-refractivity contribution in [3.8, 4) is 0 Å². The smallest absolute Gasteiger partial charge is 0.213 e. The van der Waals surface area contributed by atoms with E-state index in [2.05, 4.69) is 43.0 Å². The number of hydrogen-bond acceptors (Lipinski definition) is 7. The van der Waals surface area contributed by atoms with Gasteiger partial charge in [-0.3, -0.25) is 4.79 Å². The summed E-state index contributed by atoms with van der Waals surface area (Å²) in [5.41, 5.74) is -0.138. The molecule has 0 aromatic heterocycles. The minimum Gasteiger partial charge on any atom is -0.469 e. The maximum Gasteiger partial charge on any atom is 0.213 e. The fraction of sp³-hybridized carbons (Fsp3) is 0.821. The quantitative estimate of drug-likeness (QED) is 0.290. The van der Waals surface area contributed by atoms with Crippen LogP contribution in [0.4, 0.5) is 0 Å². The number of hydrogen-bond donors (Lipinski definition) is 1. The molecule has 7 nitrogen and oxygen atoms in total. The van der Waals surface area contributed by atoms with Crippen LogP contribution in [0, 0.1) is 34.0 Å². The Hall–Kier alpha value is -0.520. The summed E-state index contributed by atoms with van der Waals surface area (Å²) < 4.78 is 33.7. The van der Waals surface area contributed by atoms with E-state index in [0.717, 1.165) is 42.3 Å². The molecule has 3 saturated carbocycles. The predicted octanol–water partition coefficient (Wildman–Crippen LogP) is 4.27. The standard InChI is InChI=1S/C28H37IO7/c1-14-16-7-8-17-26-13-33-28(27(17,20(14)30)23(16)35-25(4,5)36-28)21(31)19(26)24(2,3)12-15-6-9-18(32-11-10-29)34-22(15)26/h16-19,21,23,31H,1,6-13H2,2-5H3/t16-,17-,18-,19+,21-,23+,26-,27-,28-/m0/s1. The zero-order chi connectivity index (χ0) is 25.5. The van der Waals surface area contributed by atoms with Crippen LogP contribution in [0.2, 0.25) is 0 Å². The number of rotatable bonds is 3. The van der Waals surface area contributed by atoms with Crippen LogP contribution in [-0.4, -0.2) is 58.6 Å². The van der Waals surface area contributed by atoms with Crippen molar-refractivity contribution in [2.75, 3.05) is 17.6 Å². The van der Waals surface area contributed by atoms with Crippen LogP contribution >= 0.6 is 22.6 Å². The van der Waals surface area contributed by atoms with Crippen LogP contribution in [0.1, 0.15) is 59.8 Å². The molecule has 1 N–H and O–H groups in total. The molecule has 8 rings (SSSR count). The third kappa shape index (κ3) is 2.56. The molecule has 3 saturated heterocycles. The lowest BCUT2D eigenvalue weighted by molar-refractivity contribution is -0.527. The van der Waals surface area contributed by atoms with E-state index in [0.29, 0.717) is 18.8 Å². The lowest BCUT2D eigenvalue weighted by Crippen LogP contribution is -2.87. The van der Waals surface area contributed by atoms with Gasteiger partial charge in [0, 0.05) is 22.7 Å². The molecule has 8 aliphatic rings. The lowest BCUT2D eigenvalue weighted by Gasteiger charge is -2.77. The second-order valence-corrected chi connectivity index (χ2v) is 14.2. The molecule has 0 aromatic rings. The number of fused-ring (bicyclic) bond motifs is 1. The van der Waals surface area contributed by atoms with Gasteiger partial charge in [-0.15, -0.1) is 0 Å². The van der Waals surface area contributed by atoms with Crippen molar-refractivity contribution in [1.82, 2.24) is 0 Å². The van der Waals surface area contributed by atoms with Crippen molar-refractivity contribution >= 4 is 28.4 Å². The van der Waals surface area contributed by atoms with Crippen molar-refractivity contribution in [3.05, 3.63) is 23.5 Å². The number of Topliss-reactive ketones (excluding diaryl/α,β-unsaturated/α-hetero) is 1. The first-order valence-corrected chi connectivity index (χ1v) is 15.0. The maximum atomic E-state index is 14.4. The van der Waals surface area contributed by atoms with E-state index in [4.69, 9.17) is 23.7 Å². The fourth-order valence-electron chi connectivity index (χ4n) is 9.94.